The van der Waals surface area contributed by atoms with Crippen LogP contribution in [0.5, 0.6) is 0 Å². The maximum atomic E-state index is 3.76. The van der Waals surface area contributed by atoms with E-state index in [0.29, 0.717) is 5.92 Å². The van der Waals surface area contributed by atoms with Crippen molar-refractivity contribution in [3.63, 3.8) is 0 Å². The lowest BCUT2D eigenvalue weighted by molar-refractivity contribution is 0.400. The lowest BCUT2D eigenvalue weighted by Crippen LogP contribution is -2.12. The van der Waals surface area contributed by atoms with Gasteiger partial charge in [0.15, 0.2) is 0 Å². The van der Waals surface area contributed by atoms with E-state index in [1.54, 1.807) is 0 Å². The summed E-state index contributed by atoms with van der Waals surface area (Å²) < 4.78 is 2.43. The Balaban J connectivity index is 1.45. The van der Waals surface area contributed by atoms with Crippen molar-refractivity contribution in [3.8, 4) is 16.8 Å². The third-order valence-electron chi connectivity index (χ3n) is 7.99. The van der Waals surface area contributed by atoms with Crippen molar-refractivity contribution in [1.82, 2.24) is 9.55 Å². The molecule has 0 aliphatic heterocycles. The molecule has 0 amide bonds. The van der Waals surface area contributed by atoms with Gasteiger partial charge >= 0.3 is 0 Å². The molecule has 2 heterocycles. The summed E-state index contributed by atoms with van der Waals surface area (Å²) in [5, 5.41) is 2.53. The van der Waals surface area contributed by atoms with Crippen LogP contribution in [-0.4, -0.2) is 9.55 Å². The van der Waals surface area contributed by atoms with Gasteiger partial charge in [-0.25, -0.2) is 0 Å². The summed E-state index contributed by atoms with van der Waals surface area (Å²) >= 11 is 0. The molecule has 7 rings (SSSR count). The summed E-state index contributed by atoms with van der Waals surface area (Å²) in [5.41, 5.74) is 11.3. The van der Waals surface area contributed by atoms with Gasteiger partial charge in [-0.3, -0.25) is 0 Å². The minimum atomic E-state index is 0.666. The number of hydrogen-bond acceptors (Lipinski definition) is 0. The topological polar surface area (TPSA) is 20.7 Å². The molecule has 6 aromatic rings. The number of nitrogens with zero attached hydrogens (tertiary/aromatic N) is 1. The lowest BCUT2D eigenvalue weighted by Gasteiger charge is -2.28. The first kappa shape index (κ1) is 21.9. The van der Waals surface area contributed by atoms with Crippen molar-refractivity contribution in [2.45, 2.75) is 26.2 Å². The predicted octanol–water partition coefficient (Wildman–Crippen LogP) is 9.69. The average Bonchev–Trinajstić information content (AvgIpc) is 3.45. The number of para-hydroxylation sites is 1. The maximum Gasteiger partial charge on any atom is 0.0797 e. The van der Waals surface area contributed by atoms with Gasteiger partial charge < -0.3 is 9.55 Å². The molecule has 2 aromatic heterocycles. The number of hydrogen-bond donors (Lipinski definition) is 1. The SMILES string of the molecule is C/C=C\C=C(\c1ccc2c(c1)c1[nH]c3ccccc3c1n2-c1ccc(-c2ccccc2)cc1)C1CCC1. The number of fused-ring (bicyclic) bond motifs is 5. The van der Waals surface area contributed by atoms with Gasteiger partial charge in [0.1, 0.15) is 0 Å². The Morgan fingerprint density at radius 1 is 0.811 bits per heavy atom. The molecule has 180 valence electrons. The molecule has 1 aliphatic carbocycles. The van der Waals surface area contributed by atoms with Gasteiger partial charge in [0.2, 0.25) is 0 Å². The van der Waals surface area contributed by atoms with E-state index in [1.165, 1.54) is 80.1 Å². The second-order valence-corrected chi connectivity index (χ2v) is 10.2. The Labute approximate surface area is 217 Å². The first-order chi connectivity index (χ1) is 18.3. The monoisotopic (exact) mass is 478 g/mol. The zero-order chi connectivity index (χ0) is 24.8. The molecule has 2 heteroatoms. The molecule has 0 unspecified atom stereocenters. The van der Waals surface area contributed by atoms with E-state index in [1.807, 2.05) is 0 Å². The van der Waals surface area contributed by atoms with Gasteiger partial charge in [-0.05, 0) is 78.3 Å². The van der Waals surface area contributed by atoms with Crippen LogP contribution in [0.25, 0.3) is 55.2 Å². The fraction of sp³-hybridized carbons (Fsp3) is 0.143. The molecule has 0 atom stereocenters. The minimum absolute atomic E-state index is 0.666. The van der Waals surface area contributed by atoms with Gasteiger partial charge in [0, 0.05) is 22.0 Å². The Morgan fingerprint density at radius 2 is 1.57 bits per heavy atom. The van der Waals surface area contributed by atoms with E-state index in [4.69, 9.17) is 0 Å². The van der Waals surface area contributed by atoms with E-state index in [0.717, 1.165) is 0 Å². The highest BCUT2D eigenvalue weighted by Crippen LogP contribution is 2.42. The minimum Gasteiger partial charge on any atom is -0.353 e. The molecule has 0 bridgehead atoms. The van der Waals surface area contributed by atoms with E-state index < -0.39 is 0 Å². The van der Waals surface area contributed by atoms with Crippen molar-refractivity contribution >= 4 is 38.4 Å². The highest BCUT2D eigenvalue weighted by molar-refractivity contribution is 6.18. The van der Waals surface area contributed by atoms with Crippen LogP contribution in [-0.2, 0) is 0 Å². The first-order valence-corrected chi connectivity index (χ1v) is 13.4. The molecule has 0 radical (unpaired) electrons. The third kappa shape index (κ3) is 3.64. The van der Waals surface area contributed by atoms with Gasteiger partial charge in [0.25, 0.3) is 0 Å². The molecule has 0 saturated heterocycles. The van der Waals surface area contributed by atoms with Gasteiger partial charge in [-0.1, -0.05) is 91.4 Å². The Kier molecular flexibility index (Phi) is 5.32. The lowest BCUT2D eigenvalue weighted by atomic mass is 9.76. The number of aromatic amines is 1. The zero-order valence-electron chi connectivity index (χ0n) is 21.1. The number of H-pyrrole nitrogens is 1. The van der Waals surface area contributed by atoms with Crippen molar-refractivity contribution in [1.29, 1.82) is 0 Å². The van der Waals surface area contributed by atoms with E-state index in [-0.39, 0.29) is 0 Å². The maximum absolute atomic E-state index is 3.76. The van der Waals surface area contributed by atoms with Crippen LogP contribution in [0, 0.1) is 5.92 Å². The summed E-state index contributed by atoms with van der Waals surface area (Å²) in [4.78, 5) is 3.76. The Hall–Kier alpha value is -4.30. The summed E-state index contributed by atoms with van der Waals surface area (Å²) in [6.45, 7) is 2.09. The number of benzene rings is 4. The highest BCUT2D eigenvalue weighted by Gasteiger charge is 2.24. The van der Waals surface area contributed by atoms with Crippen LogP contribution in [0.4, 0.5) is 0 Å². The Morgan fingerprint density at radius 3 is 2.32 bits per heavy atom. The second kappa shape index (κ2) is 8.97. The largest absolute Gasteiger partial charge is 0.353 e. The van der Waals surface area contributed by atoms with E-state index in [9.17, 15) is 0 Å². The van der Waals surface area contributed by atoms with Crippen LogP contribution < -0.4 is 0 Å². The molecule has 1 fully saturated rings. The molecule has 37 heavy (non-hydrogen) atoms. The van der Waals surface area contributed by atoms with Crippen LogP contribution in [0.3, 0.4) is 0 Å². The standard InChI is InChI=1S/C35H30N2/c1-2-3-14-29(26-12-9-13-26)27-19-22-33-31(23-27)34-35(30-15-7-8-16-32(30)36-34)37(33)28-20-17-25(18-21-28)24-10-5-4-6-11-24/h2-8,10-11,14-23,26,36H,9,12-13H2,1H3/b3-2-,29-14+. The summed E-state index contributed by atoms with van der Waals surface area (Å²) in [5.74, 6) is 0.666. The van der Waals surface area contributed by atoms with E-state index in [2.05, 4.69) is 132 Å². The number of rotatable bonds is 5. The van der Waals surface area contributed by atoms with E-state index >= 15 is 0 Å². The second-order valence-electron chi connectivity index (χ2n) is 10.2. The number of allylic oxidation sites excluding steroid dienone is 4. The van der Waals surface area contributed by atoms with Crippen molar-refractivity contribution < 1.29 is 0 Å². The zero-order valence-corrected chi connectivity index (χ0v) is 21.1. The summed E-state index contributed by atoms with van der Waals surface area (Å²) in [7, 11) is 0. The molecule has 0 spiro atoms. The molecule has 4 aromatic carbocycles. The van der Waals surface area contributed by atoms with Crippen LogP contribution in [0.2, 0.25) is 0 Å². The van der Waals surface area contributed by atoms with Crippen LogP contribution >= 0.6 is 0 Å². The van der Waals surface area contributed by atoms with Crippen molar-refractivity contribution in [2.24, 2.45) is 5.92 Å². The fourth-order valence-electron chi connectivity index (χ4n) is 5.87. The molecular formula is C35H30N2. The van der Waals surface area contributed by atoms with Crippen molar-refractivity contribution in [2.75, 3.05) is 0 Å². The van der Waals surface area contributed by atoms with Crippen LogP contribution in [0.15, 0.2) is 115 Å². The quantitative estimate of drug-likeness (QED) is 0.238. The first-order valence-electron chi connectivity index (χ1n) is 13.4. The Bertz CT molecular complexity index is 1790. The average molecular weight is 479 g/mol. The van der Waals surface area contributed by atoms with Gasteiger partial charge in [-0.15, -0.1) is 0 Å². The molecular weight excluding hydrogens is 448 g/mol. The smallest absolute Gasteiger partial charge is 0.0797 e. The molecule has 1 saturated carbocycles. The predicted molar refractivity (Wildman–Crippen MR) is 158 cm³/mol. The normalized spacial score (nSPS) is 14.8. The summed E-state index contributed by atoms with van der Waals surface area (Å²) in [6, 6.07) is 35.3. The van der Waals surface area contributed by atoms with Gasteiger partial charge in [-0.2, -0.15) is 0 Å². The fourth-order valence-corrected chi connectivity index (χ4v) is 5.87. The molecule has 1 N–H and O–H groups in total. The number of aromatic nitrogens is 2. The van der Waals surface area contributed by atoms with Crippen molar-refractivity contribution in [3.05, 3.63) is 121 Å². The van der Waals surface area contributed by atoms with Crippen LogP contribution in [0.1, 0.15) is 31.7 Å². The highest BCUT2D eigenvalue weighted by atomic mass is 15.0. The third-order valence-corrected chi connectivity index (χ3v) is 7.99. The molecule has 2 nitrogen and oxygen atoms in total. The summed E-state index contributed by atoms with van der Waals surface area (Å²) in [6.07, 6.45) is 10.6. The van der Waals surface area contributed by atoms with Gasteiger partial charge in [0.05, 0.1) is 16.6 Å². The number of nitrogens with one attached hydrogen (secondary N) is 1. The molecule has 1 aliphatic rings.